The topological polar surface area (TPSA) is 40.2 Å². The Balaban J connectivity index is 2.09. The van der Waals surface area contributed by atoms with Crippen molar-refractivity contribution in [1.29, 1.82) is 0 Å². The van der Waals surface area contributed by atoms with Crippen molar-refractivity contribution in [2.45, 2.75) is 43.2 Å². The van der Waals surface area contributed by atoms with E-state index >= 15 is 0 Å². The maximum absolute atomic E-state index is 6.42. The van der Waals surface area contributed by atoms with Gasteiger partial charge in [0, 0.05) is 31.7 Å². The zero-order valence-electron chi connectivity index (χ0n) is 17.6. The predicted molar refractivity (Wildman–Crippen MR) is 109 cm³/mol. The van der Waals surface area contributed by atoms with Crippen molar-refractivity contribution in [2.75, 3.05) is 41.5 Å². The van der Waals surface area contributed by atoms with Gasteiger partial charge in [-0.25, -0.2) is 0 Å². The summed E-state index contributed by atoms with van der Waals surface area (Å²) in [5.74, 6) is 2.59. The zero-order chi connectivity index (χ0) is 20.1. The van der Waals surface area contributed by atoms with Crippen LogP contribution in [0, 0.1) is 0 Å². The van der Waals surface area contributed by atoms with E-state index in [1.807, 2.05) is 20.1 Å². The quantitative estimate of drug-likeness (QED) is 0.726. The Kier molecular flexibility index (Phi) is 4.71. The van der Waals surface area contributed by atoms with E-state index in [0.717, 1.165) is 48.6 Å². The number of rotatable bonds is 5. The number of hydrogen-bond acceptors (Lipinski definition) is 5. The third-order valence-corrected chi connectivity index (χ3v) is 7.02. The first-order valence-electron chi connectivity index (χ1n) is 10.0. The van der Waals surface area contributed by atoms with Gasteiger partial charge < -0.3 is 18.9 Å². The van der Waals surface area contributed by atoms with Gasteiger partial charge >= 0.3 is 0 Å². The van der Waals surface area contributed by atoms with Crippen molar-refractivity contribution in [3.8, 4) is 11.5 Å². The number of likely N-dealkylation sites (N-methyl/N-ethyl adjacent to an activating group) is 1. The Bertz CT molecular complexity index is 832. The summed E-state index contributed by atoms with van der Waals surface area (Å²) in [5, 5.41) is 0. The standard InChI is InChI=1S/C23H31NO4/c1-7-28-21-18(26-5)9-8-16-12-19-23(27-6)13-17(25-4)10-11-22(23,20(16)21)15(2)14-24(19)3/h8-9,13,19H,2,7,10-12,14H2,1,3-6H3/t19?,22-,23?/m1/s1. The molecular weight excluding hydrogens is 354 g/mol. The largest absolute Gasteiger partial charge is 0.501 e. The lowest BCUT2D eigenvalue weighted by molar-refractivity contribution is -0.118. The highest BCUT2D eigenvalue weighted by molar-refractivity contribution is 5.64. The number of ether oxygens (including phenoxy) is 4. The van der Waals surface area contributed by atoms with Gasteiger partial charge in [-0.1, -0.05) is 12.6 Å². The van der Waals surface area contributed by atoms with Crippen molar-refractivity contribution < 1.29 is 18.9 Å². The molecule has 0 amide bonds. The van der Waals surface area contributed by atoms with E-state index in [2.05, 4.69) is 30.7 Å². The molecule has 3 atom stereocenters. The Hall–Kier alpha value is -1.98. The molecule has 4 rings (SSSR count). The molecule has 0 spiro atoms. The maximum Gasteiger partial charge on any atom is 0.165 e. The number of benzene rings is 1. The van der Waals surface area contributed by atoms with Crippen LogP contribution >= 0.6 is 0 Å². The van der Waals surface area contributed by atoms with E-state index in [1.54, 1.807) is 14.2 Å². The van der Waals surface area contributed by atoms with Crippen LogP contribution in [0.3, 0.4) is 0 Å². The number of piperidine rings is 1. The maximum atomic E-state index is 6.42. The minimum absolute atomic E-state index is 0.198. The Labute approximate surface area is 167 Å². The Morgan fingerprint density at radius 3 is 2.64 bits per heavy atom. The fourth-order valence-corrected chi connectivity index (χ4v) is 5.88. The number of allylic oxidation sites excluding steroid dienone is 1. The van der Waals surface area contributed by atoms with E-state index in [9.17, 15) is 0 Å². The molecule has 1 aromatic carbocycles. The molecule has 5 heteroatoms. The first-order chi connectivity index (χ1) is 13.5. The highest BCUT2D eigenvalue weighted by atomic mass is 16.5. The van der Waals surface area contributed by atoms with Crippen molar-refractivity contribution in [2.24, 2.45) is 0 Å². The van der Waals surface area contributed by atoms with E-state index in [1.165, 1.54) is 11.1 Å². The van der Waals surface area contributed by atoms with Crippen LogP contribution in [-0.2, 0) is 21.3 Å². The summed E-state index contributed by atoms with van der Waals surface area (Å²) >= 11 is 0. The molecule has 2 aliphatic carbocycles. The monoisotopic (exact) mass is 385 g/mol. The van der Waals surface area contributed by atoms with E-state index in [-0.39, 0.29) is 11.5 Å². The van der Waals surface area contributed by atoms with Gasteiger partial charge in [0.05, 0.1) is 32.0 Å². The second-order valence-electron chi connectivity index (χ2n) is 8.02. The van der Waals surface area contributed by atoms with Crippen LogP contribution in [0.15, 0.2) is 36.1 Å². The molecule has 1 saturated heterocycles. The van der Waals surface area contributed by atoms with Crippen molar-refractivity contribution in [1.82, 2.24) is 4.90 Å². The fraction of sp³-hybridized carbons (Fsp3) is 0.565. The van der Waals surface area contributed by atoms with E-state index < -0.39 is 5.60 Å². The molecule has 1 aromatic rings. The lowest BCUT2D eigenvalue weighted by Gasteiger charge is -2.64. The summed E-state index contributed by atoms with van der Waals surface area (Å²) in [6, 6.07) is 4.41. The molecule has 2 unspecified atom stereocenters. The second kappa shape index (κ2) is 6.82. The number of hydrogen-bond donors (Lipinski definition) is 0. The number of nitrogens with zero attached hydrogens (tertiary/aromatic N) is 1. The third kappa shape index (κ3) is 2.26. The van der Waals surface area contributed by atoms with Crippen LogP contribution in [0.1, 0.15) is 30.9 Å². The molecule has 1 fully saturated rings. The lowest BCUT2D eigenvalue weighted by atomic mass is 9.49. The van der Waals surface area contributed by atoms with Gasteiger partial charge in [-0.05, 0) is 50.1 Å². The molecular formula is C23H31NO4. The van der Waals surface area contributed by atoms with Crippen LogP contribution in [0.25, 0.3) is 0 Å². The summed E-state index contributed by atoms with van der Waals surface area (Å²) in [6.45, 7) is 8.01. The molecule has 0 saturated carbocycles. The summed E-state index contributed by atoms with van der Waals surface area (Å²) in [4.78, 5) is 2.37. The Morgan fingerprint density at radius 2 is 2.00 bits per heavy atom. The highest BCUT2D eigenvalue weighted by Gasteiger charge is 2.66. The zero-order valence-corrected chi connectivity index (χ0v) is 17.6. The van der Waals surface area contributed by atoms with E-state index in [4.69, 9.17) is 18.9 Å². The minimum atomic E-state index is -0.550. The molecule has 0 aromatic heterocycles. The van der Waals surface area contributed by atoms with Crippen LogP contribution in [-0.4, -0.2) is 58.1 Å². The predicted octanol–water partition coefficient (Wildman–Crippen LogP) is 3.47. The van der Waals surface area contributed by atoms with Crippen LogP contribution in [0.4, 0.5) is 0 Å². The van der Waals surface area contributed by atoms with Gasteiger partial charge in [0.1, 0.15) is 5.60 Å². The van der Waals surface area contributed by atoms with Crippen LogP contribution in [0.2, 0.25) is 0 Å². The molecule has 1 heterocycles. The number of likely N-dealkylation sites (tertiary alicyclic amines) is 1. The summed E-state index contributed by atoms with van der Waals surface area (Å²) in [7, 11) is 7.42. The van der Waals surface area contributed by atoms with Gasteiger partial charge in [-0.15, -0.1) is 0 Å². The minimum Gasteiger partial charge on any atom is -0.501 e. The van der Waals surface area contributed by atoms with Crippen molar-refractivity contribution in [3.63, 3.8) is 0 Å². The Morgan fingerprint density at radius 1 is 1.21 bits per heavy atom. The average molecular weight is 386 g/mol. The molecule has 0 N–H and O–H groups in total. The summed E-state index contributed by atoms with van der Waals surface area (Å²) in [6.07, 6.45) is 4.82. The fourth-order valence-electron chi connectivity index (χ4n) is 5.88. The molecule has 152 valence electrons. The van der Waals surface area contributed by atoms with Gasteiger partial charge in [0.15, 0.2) is 11.5 Å². The first kappa shape index (κ1) is 19.3. The van der Waals surface area contributed by atoms with Gasteiger partial charge in [-0.3, -0.25) is 4.90 Å². The SMILES string of the molecule is C=C1CN(C)C2Cc3ccc(OC)c(OCC)c3[C@@]13CCC(OC)=CC23OC. The first-order valence-corrected chi connectivity index (χ1v) is 10.0. The van der Waals surface area contributed by atoms with Gasteiger partial charge in [-0.2, -0.15) is 0 Å². The number of fused-ring (bicyclic) bond motifs is 1. The van der Waals surface area contributed by atoms with Crippen LogP contribution in [0.5, 0.6) is 11.5 Å². The lowest BCUT2D eigenvalue weighted by Crippen LogP contribution is -2.72. The smallest absolute Gasteiger partial charge is 0.165 e. The normalized spacial score (nSPS) is 31.5. The second-order valence-corrected chi connectivity index (χ2v) is 8.02. The molecule has 3 aliphatic rings. The van der Waals surface area contributed by atoms with Gasteiger partial charge in [0.2, 0.25) is 0 Å². The van der Waals surface area contributed by atoms with E-state index in [0.29, 0.717) is 6.61 Å². The van der Waals surface area contributed by atoms with Crippen LogP contribution < -0.4 is 9.47 Å². The van der Waals surface area contributed by atoms with Crippen molar-refractivity contribution in [3.05, 3.63) is 47.2 Å². The average Bonchev–Trinajstić information content (AvgIpc) is 2.71. The van der Waals surface area contributed by atoms with Crippen molar-refractivity contribution >= 4 is 0 Å². The molecule has 1 aliphatic heterocycles. The molecule has 28 heavy (non-hydrogen) atoms. The molecule has 2 bridgehead atoms. The summed E-state index contributed by atoms with van der Waals surface area (Å²) < 4.78 is 24.0. The highest BCUT2D eigenvalue weighted by Crippen LogP contribution is 2.63. The summed E-state index contributed by atoms with van der Waals surface area (Å²) in [5.41, 5.74) is 2.73. The van der Waals surface area contributed by atoms with Gasteiger partial charge in [0.25, 0.3) is 0 Å². The molecule has 5 nitrogen and oxygen atoms in total. The number of methoxy groups -OCH3 is 3. The molecule has 0 radical (unpaired) electrons. The third-order valence-electron chi connectivity index (χ3n) is 7.02.